The van der Waals surface area contributed by atoms with Crippen molar-refractivity contribution in [2.24, 2.45) is 0 Å². The quantitative estimate of drug-likeness (QED) is 0.630. The number of hydrogen-bond acceptors (Lipinski definition) is 2. The summed E-state index contributed by atoms with van der Waals surface area (Å²) in [5, 5.41) is 3.33. The predicted molar refractivity (Wildman–Crippen MR) is 51.0 cm³/mol. The summed E-state index contributed by atoms with van der Waals surface area (Å²) in [5.41, 5.74) is 3.57. The molecule has 0 spiro atoms. The van der Waals surface area contributed by atoms with Crippen LogP contribution >= 0.6 is 0 Å². The van der Waals surface area contributed by atoms with Crippen LogP contribution in [0.4, 0.5) is 5.69 Å². The lowest BCUT2D eigenvalue weighted by Crippen LogP contribution is -1.99. The van der Waals surface area contributed by atoms with E-state index in [1.54, 1.807) is 0 Å². The first-order valence-corrected chi connectivity index (χ1v) is 4.24. The van der Waals surface area contributed by atoms with E-state index in [0.717, 1.165) is 25.1 Å². The molecule has 0 radical (unpaired) electrons. The van der Waals surface area contributed by atoms with Crippen molar-refractivity contribution in [2.75, 3.05) is 11.9 Å². The molecule has 2 rings (SSSR count). The summed E-state index contributed by atoms with van der Waals surface area (Å²) in [6, 6.07) is 2.02. The van der Waals surface area contributed by atoms with Gasteiger partial charge in [-0.05, 0) is 24.5 Å². The maximum Gasteiger partial charge on any atom is 0.0602 e. The molecule has 2 nitrogen and oxygen atoms in total. The van der Waals surface area contributed by atoms with Crippen molar-refractivity contribution in [1.29, 1.82) is 0 Å². The zero-order chi connectivity index (χ0) is 8.39. The molecule has 1 N–H and O–H groups in total. The summed E-state index contributed by atoms with van der Waals surface area (Å²) in [6.07, 6.45) is 5.93. The Morgan fingerprint density at radius 1 is 1.50 bits per heavy atom. The van der Waals surface area contributed by atoms with Gasteiger partial charge in [0.25, 0.3) is 0 Å². The zero-order valence-electron chi connectivity index (χ0n) is 7.01. The minimum atomic E-state index is 1.03. The Morgan fingerprint density at radius 2 is 2.42 bits per heavy atom. The molecule has 62 valence electrons. The molecule has 2 heteroatoms. The molecular weight excluding hydrogens is 148 g/mol. The third-order valence-corrected chi connectivity index (χ3v) is 2.17. The maximum absolute atomic E-state index is 4.07. The zero-order valence-corrected chi connectivity index (χ0v) is 7.01. The van der Waals surface area contributed by atoms with E-state index in [-0.39, 0.29) is 0 Å². The van der Waals surface area contributed by atoms with Crippen molar-refractivity contribution in [1.82, 2.24) is 4.98 Å². The van der Waals surface area contributed by atoms with E-state index in [0.29, 0.717) is 0 Å². The average molecular weight is 160 g/mol. The van der Waals surface area contributed by atoms with Gasteiger partial charge in [0.05, 0.1) is 11.9 Å². The molecule has 0 unspecified atom stereocenters. The first-order chi connectivity index (χ1) is 5.88. The summed E-state index contributed by atoms with van der Waals surface area (Å²) in [6.45, 7) is 5.07. The second kappa shape index (κ2) is 2.97. The first kappa shape index (κ1) is 7.35. The number of fused-ring (bicyclic) bond motifs is 1. The topological polar surface area (TPSA) is 24.9 Å². The number of pyridine rings is 1. The fraction of sp³-hybridized carbons (Fsp3) is 0.300. The third-order valence-electron chi connectivity index (χ3n) is 2.17. The molecule has 1 aromatic rings. The first-order valence-electron chi connectivity index (χ1n) is 4.24. The van der Waals surface area contributed by atoms with Gasteiger partial charge in [0.1, 0.15) is 0 Å². The van der Waals surface area contributed by atoms with Crippen LogP contribution in [0, 0.1) is 0 Å². The Balaban J connectivity index is 2.46. The largest absolute Gasteiger partial charge is 0.383 e. The smallest absolute Gasteiger partial charge is 0.0602 e. The van der Waals surface area contributed by atoms with E-state index >= 15 is 0 Å². The molecule has 0 atom stereocenters. The molecule has 0 fully saturated rings. The minimum absolute atomic E-state index is 1.03. The number of allylic oxidation sites excluding steroid dienone is 1. The van der Waals surface area contributed by atoms with Crippen LogP contribution in [0.3, 0.4) is 0 Å². The second-order valence-corrected chi connectivity index (χ2v) is 3.06. The van der Waals surface area contributed by atoms with Crippen molar-refractivity contribution >= 4 is 11.3 Å². The average Bonchev–Trinajstić information content (AvgIpc) is 2.29. The van der Waals surface area contributed by atoms with Crippen molar-refractivity contribution in [3.05, 3.63) is 30.6 Å². The van der Waals surface area contributed by atoms with Gasteiger partial charge in [-0.3, -0.25) is 4.98 Å². The Kier molecular flexibility index (Phi) is 1.82. The van der Waals surface area contributed by atoms with Gasteiger partial charge in [0.15, 0.2) is 0 Å². The van der Waals surface area contributed by atoms with Crippen LogP contribution < -0.4 is 5.32 Å². The molecule has 0 bridgehead atoms. The summed E-state index contributed by atoms with van der Waals surface area (Å²) in [4.78, 5) is 4.07. The van der Waals surface area contributed by atoms with Gasteiger partial charge >= 0.3 is 0 Å². The molecule has 1 aliphatic rings. The van der Waals surface area contributed by atoms with Crippen LogP contribution in [0.25, 0.3) is 5.57 Å². The molecular formula is C10H12N2. The van der Waals surface area contributed by atoms with E-state index in [1.807, 2.05) is 18.5 Å². The lowest BCUT2D eigenvalue weighted by Gasteiger charge is -2.05. The third kappa shape index (κ3) is 1.20. The Labute approximate surface area is 72.3 Å². The van der Waals surface area contributed by atoms with E-state index < -0.39 is 0 Å². The molecule has 0 amide bonds. The number of anilines is 1. The molecule has 0 aromatic carbocycles. The predicted octanol–water partition coefficient (Wildman–Crippen LogP) is 2.30. The van der Waals surface area contributed by atoms with Crippen molar-refractivity contribution in [3.8, 4) is 0 Å². The molecule has 0 saturated carbocycles. The number of nitrogens with one attached hydrogen (secondary N) is 1. The monoisotopic (exact) mass is 160 g/mol. The van der Waals surface area contributed by atoms with Crippen molar-refractivity contribution < 1.29 is 0 Å². The van der Waals surface area contributed by atoms with Gasteiger partial charge in [0.2, 0.25) is 0 Å². The van der Waals surface area contributed by atoms with Gasteiger partial charge in [0, 0.05) is 18.3 Å². The Morgan fingerprint density at radius 3 is 3.33 bits per heavy atom. The van der Waals surface area contributed by atoms with Gasteiger partial charge in [-0.25, -0.2) is 0 Å². The second-order valence-electron chi connectivity index (χ2n) is 3.06. The van der Waals surface area contributed by atoms with Crippen LogP contribution in [-0.2, 0) is 0 Å². The fourth-order valence-corrected chi connectivity index (χ4v) is 1.50. The van der Waals surface area contributed by atoms with E-state index in [9.17, 15) is 0 Å². The lowest BCUT2D eigenvalue weighted by atomic mass is 10.0. The highest BCUT2D eigenvalue weighted by atomic mass is 14.9. The van der Waals surface area contributed by atoms with Crippen molar-refractivity contribution in [2.45, 2.75) is 12.8 Å². The SMILES string of the molecule is C=C1CCCNc2cnccc21. The molecule has 1 aliphatic heterocycles. The molecule has 1 aromatic heterocycles. The minimum Gasteiger partial charge on any atom is -0.383 e. The number of aromatic nitrogens is 1. The lowest BCUT2D eigenvalue weighted by molar-refractivity contribution is 0.917. The highest BCUT2D eigenvalue weighted by molar-refractivity contribution is 5.75. The summed E-state index contributed by atoms with van der Waals surface area (Å²) >= 11 is 0. The van der Waals surface area contributed by atoms with Gasteiger partial charge in [-0.1, -0.05) is 6.58 Å². The maximum atomic E-state index is 4.07. The fourth-order valence-electron chi connectivity index (χ4n) is 1.50. The Bertz CT molecular complexity index is 304. The summed E-state index contributed by atoms with van der Waals surface area (Å²) in [5.74, 6) is 0. The van der Waals surface area contributed by atoms with Crippen LogP contribution in [0.2, 0.25) is 0 Å². The van der Waals surface area contributed by atoms with E-state index in [1.165, 1.54) is 11.1 Å². The van der Waals surface area contributed by atoms with Crippen LogP contribution in [0.1, 0.15) is 18.4 Å². The van der Waals surface area contributed by atoms with Crippen LogP contribution in [0.15, 0.2) is 25.0 Å². The van der Waals surface area contributed by atoms with Gasteiger partial charge in [-0.15, -0.1) is 0 Å². The van der Waals surface area contributed by atoms with E-state index in [2.05, 4.69) is 16.9 Å². The highest BCUT2D eigenvalue weighted by Gasteiger charge is 2.08. The standard InChI is InChI=1S/C10H12N2/c1-8-3-2-5-12-10-7-11-6-4-9(8)10/h4,6-7,12H,1-3,5H2. The molecule has 0 aliphatic carbocycles. The summed E-state index contributed by atoms with van der Waals surface area (Å²) < 4.78 is 0. The number of rotatable bonds is 0. The van der Waals surface area contributed by atoms with Crippen LogP contribution in [-0.4, -0.2) is 11.5 Å². The Hall–Kier alpha value is -1.31. The van der Waals surface area contributed by atoms with E-state index in [4.69, 9.17) is 0 Å². The van der Waals surface area contributed by atoms with Gasteiger partial charge in [-0.2, -0.15) is 0 Å². The number of hydrogen-bond donors (Lipinski definition) is 1. The molecule has 12 heavy (non-hydrogen) atoms. The van der Waals surface area contributed by atoms with Gasteiger partial charge < -0.3 is 5.32 Å². The molecule has 2 heterocycles. The summed E-state index contributed by atoms with van der Waals surface area (Å²) in [7, 11) is 0. The number of nitrogens with zero attached hydrogens (tertiary/aromatic N) is 1. The highest BCUT2D eigenvalue weighted by Crippen LogP contribution is 2.27. The molecule has 0 saturated heterocycles. The normalized spacial score (nSPS) is 16.2. The van der Waals surface area contributed by atoms with Crippen LogP contribution in [0.5, 0.6) is 0 Å². The van der Waals surface area contributed by atoms with Crippen molar-refractivity contribution in [3.63, 3.8) is 0 Å².